The van der Waals surface area contributed by atoms with Gasteiger partial charge in [0.05, 0.1) is 5.56 Å². The molecule has 0 radical (unpaired) electrons. The molecule has 144 valence electrons. The van der Waals surface area contributed by atoms with E-state index in [1.807, 2.05) is 6.07 Å². The molecule has 0 bridgehead atoms. The molecule has 0 spiro atoms. The van der Waals surface area contributed by atoms with Crippen molar-refractivity contribution in [1.82, 2.24) is 15.2 Å². The number of nitrogens with zero attached hydrogens (tertiary/aromatic N) is 1. The predicted molar refractivity (Wildman–Crippen MR) is 103 cm³/mol. The van der Waals surface area contributed by atoms with Crippen molar-refractivity contribution in [3.63, 3.8) is 0 Å². The van der Waals surface area contributed by atoms with E-state index in [2.05, 4.69) is 10.3 Å². The molecule has 1 unspecified atom stereocenters. The fourth-order valence-electron chi connectivity index (χ4n) is 3.37. The van der Waals surface area contributed by atoms with Crippen molar-refractivity contribution < 1.29 is 14.3 Å². The molecule has 1 aliphatic rings. The van der Waals surface area contributed by atoms with Gasteiger partial charge in [-0.2, -0.15) is 0 Å². The second kappa shape index (κ2) is 7.42. The standard InChI is InChI=1S/C20H25N3O4/c1-20(2,3)27-19(26)22-11-13-7-6-10-23(13)18(25)16-12-21-17(24)15-9-5-4-8-14(15)16/h4-5,8-9,12-13H,6-7,10-11H2,1-3H3,(H,21,24)(H,22,26). The number of alkyl carbamates (subject to hydrolysis) is 1. The molecule has 2 N–H and O–H groups in total. The first-order valence-corrected chi connectivity index (χ1v) is 9.14. The zero-order chi connectivity index (χ0) is 19.6. The molecule has 27 heavy (non-hydrogen) atoms. The van der Waals surface area contributed by atoms with Gasteiger partial charge in [-0.1, -0.05) is 18.2 Å². The van der Waals surface area contributed by atoms with E-state index in [4.69, 9.17) is 4.74 Å². The lowest BCUT2D eigenvalue weighted by Gasteiger charge is -2.26. The molecule has 2 heterocycles. The Morgan fingerprint density at radius 3 is 2.67 bits per heavy atom. The van der Waals surface area contributed by atoms with Crippen molar-refractivity contribution >= 4 is 22.8 Å². The van der Waals surface area contributed by atoms with Crippen molar-refractivity contribution in [2.45, 2.75) is 45.3 Å². The summed E-state index contributed by atoms with van der Waals surface area (Å²) in [7, 11) is 0. The number of hydrogen-bond donors (Lipinski definition) is 2. The number of aromatic amines is 1. The molecule has 1 atom stereocenters. The molecule has 2 aromatic rings. The summed E-state index contributed by atoms with van der Waals surface area (Å²) in [6.45, 7) is 6.37. The molecular formula is C20H25N3O4. The van der Waals surface area contributed by atoms with Crippen molar-refractivity contribution in [2.75, 3.05) is 13.1 Å². The molecule has 1 aliphatic heterocycles. The average Bonchev–Trinajstić information content (AvgIpc) is 3.07. The lowest BCUT2D eigenvalue weighted by molar-refractivity contribution is 0.0501. The first-order chi connectivity index (χ1) is 12.8. The number of aromatic nitrogens is 1. The maximum Gasteiger partial charge on any atom is 0.407 e. The van der Waals surface area contributed by atoms with E-state index < -0.39 is 11.7 Å². The van der Waals surface area contributed by atoms with Gasteiger partial charge in [-0.05, 0) is 39.7 Å². The van der Waals surface area contributed by atoms with E-state index >= 15 is 0 Å². The van der Waals surface area contributed by atoms with E-state index in [1.54, 1.807) is 43.9 Å². The minimum Gasteiger partial charge on any atom is -0.444 e. The van der Waals surface area contributed by atoms with E-state index in [0.29, 0.717) is 29.4 Å². The Balaban J connectivity index is 1.76. The molecule has 1 saturated heterocycles. The number of ether oxygens (including phenoxy) is 1. The Morgan fingerprint density at radius 1 is 1.26 bits per heavy atom. The van der Waals surface area contributed by atoms with E-state index in [1.165, 1.54) is 6.20 Å². The normalized spacial score (nSPS) is 17.1. The Bertz CT molecular complexity index is 913. The fraction of sp³-hybridized carbons (Fsp3) is 0.450. The zero-order valence-corrected chi connectivity index (χ0v) is 15.9. The van der Waals surface area contributed by atoms with Crippen LogP contribution >= 0.6 is 0 Å². The molecule has 7 heteroatoms. The van der Waals surface area contributed by atoms with Gasteiger partial charge in [0.2, 0.25) is 0 Å². The number of pyridine rings is 1. The Hall–Kier alpha value is -2.83. The first-order valence-electron chi connectivity index (χ1n) is 9.14. The highest BCUT2D eigenvalue weighted by Gasteiger charge is 2.31. The van der Waals surface area contributed by atoms with Crippen molar-refractivity contribution in [1.29, 1.82) is 0 Å². The molecule has 0 saturated carbocycles. The number of H-pyrrole nitrogens is 1. The molecule has 0 aliphatic carbocycles. The second-order valence-electron chi connectivity index (χ2n) is 7.75. The van der Waals surface area contributed by atoms with Crippen LogP contribution in [0.1, 0.15) is 44.0 Å². The summed E-state index contributed by atoms with van der Waals surface area (Å²) in [6.07, 6.45) is 2.66. The Labute approximate surface area is 157 Å². The highest BCUT2D eigenvalue weighted by atomic mass is 16.6. The number of hydrogen-bond acceptors (Lipinski definition) is 4. The summed E-state index contributed by atoms with van der Waals surface area (Å²) in [5.74, 6) is -0.143. The quantitative estimate of drug-likeness (QED) is 0.868. The van der Waals surface area contributed by atoms with Crippen LogP contribution in [0.4, 0.5) is 4.79 Å². The van der Waals surface area contributed by atoms with Gasteiger partial charge in [0.15, 0.2) is 0 Å². The molecule has 1 aromatic carbocycles. The Kier molecular flexibility index (Phi) is 5.21. The molecule has 2 amide bonds. The number of amides is 2. The first kappa shape index (κ1) is 18.9. The second-order valence-corrected chi connectivity index (χ2v) is 7.75. The third-order valence-electron chi connectivity index (χ3n) is 4.56. The summed E-state index contributed by atoms with van der Waals surface area (Å²) < 4.78 is 5.26. The highest BCUT2D eigenvalue weighted by Crippen LogP contribution is 2.23. The number of nitrogens with one attached hydrogen (secondary N) is 2. The van der Waals surface area contributed by atoms with Crippen LogP contribution in [-0.2, 0) is 4.74 Å². The van der Waals surface area contributed by atoms with Gasteiger partial charge in [-0.3, -0.25) is 9.59 Å². The van der Waals surface area contributed by atoms with Gasteiger partial charge < -0.3 is 19.9 Å². The largest absolute Gasteiger partial charge is 0.444 e. The summed E-state index contributed by atoms with van der Waals surface area (Å²) in [6, 6.07) is 6.97. The van der Waals surface area contributed by atoms with E-state index in [9.17, 15) is 14.4 Å². The molecular weight excluding hydrogens is 346 g/mol. The van der Waals surface area contributed by atoms with Crippen molar-refractivity contribution in [3.05, 3.63) is 46.4 Å². The number of likely N-dealkylation sites (tertiary alicyclic amines) is 1. The van der Waals surface area contributed by atoms with Gasteiger partial charge in [0, 0.05) is 36.1 Å². The van der Waals surface area contributed by atoms with Crippen molar-refractivity contribution in [2.24, 2.45) is 0 Å². The number of carbonyl (C=O) groups is 2. The smallest absolute Gasteiger partial charge is 0.407 e. The van der Waals surface area contributed by atoms with Crippen LogP contribution in [0.2, 0.25) is 0 Å². The van der Waals surface area contributed by atoms with Gasteiger partial charge in [-0.15, -0.1) is 0 Å². The van der Waals surface area contributed by atoms with Gasteiger partial charge >= 0.3 is 6.09 Å². The predicted octanol–water partition coefficient (Wildman–Crippen LogP) is 2.66. The lowest BCUT2D eigenvalue weighted by atomic mass is 10.1. The average molecular weight is 371 g/mol. The number of benzene rings is 1. The van der Waals surface area contributed by atoms with E-state index in [-0.39, 0.29) is 17.5 Å². The number of rotatable bonds is 3. The summed E-state index contributed by atoms with van der Waals surface area (Å²) in [5.41, 5.74) is -0.314. The minimum atomic E-state index is -0.565. The third-order valence-corrected chi connectivity index (χ3v) is 4.56. The lowest BCUT2D eigenvalue weighted by Crippen LogP contribution is -2.44. The SMILES string of the molecule is CC(C)(C)OC(=O)NCC1CCCN1C(=O)c1c[nH]c(=O)c2ccccc12. The van der Waals surface area contributed by atoms with Crippen LogP contribution < -0.4 is 10.9 Å². The van der Waals surface area contributed by atoms with Crippen molar-refractivity contribution in [3.8, 4) is 0 Å². The highest BCUT2D eigenvalue weighted by molar-refractivity contribution is 6.06. The maximum absolute atomic E-state index is 13.1. The molecule has 3 rings (SSSR count). The monoisotopic (exact) mass is 371 g/mol. The third kappa shape index (κ3) is 4.30. The van der Waals surface area contributed by atoms with Gasteiger partial charge in [0.1, 0.15) is 5.60 Å². The minimum absolute atomic E-state index is 0.101. The Morgan fingerprint density at radius 2 is 1.96 bits per heavy atom. The topological polar surface area (TPSA) is 91.5 Å². The van der Waals surface area contributed by atoms with Crippen LogP contribution in [0.5, 0.6) is 0 Å². The van der Waals surface area contributed by atoms with Crippen LogP contribution in [0.15, 0.2) is 35.3 Å². The van der Waals surface area contributed by atoms with Crippen LogP contribution in [-0.4, -0.2) is 46.6 Å². The van der Waals surface area contributed by atoms with Gasteiger partial charge in [0.25, 0.3) is 11.5 Å². The molecule has 1 aromatic heterocycles. The fourth-order valence-corrected chi connectivity index (χ4v) is 3.37. The number of fused-ring (bicyclic) bond motifs is 1. The van der Waals surface area contributed by atoms with Crippen LogP contribution in [0.25, 0.3) is 10.8 Å². The summed E-state index contributed by atoms with van der Waals surface area (Å²) in [4.78, 5) is 41.4. The van der Waals surface area contributed by atoms with E-state index in [0.717, 1.165) is 12.8 Å². The van der Waals surface area contributed by atoms with Crippen LogP contribution in [0.3, 0.4) is 0 Å². The molecule has 7 nitrogen and oxygen atoms in total. The number of carbonyl (C=O) groups excluding carboxylic acids is 2. The van der Waals surface area contributed by atoms with Gasteiger partial charge in [-0.25, -0.2) is 4.79 Å². The maximum atomic E-state index is 13.1. The summed E-state index contributed by atoms with van der Waals surface area (Å²) >= 11 is 0. The van der Waals surface area contributed by atoms with Crippen LogP contribution in [0, 0.1) is 0 Å². The zero-order valence-electron chi connectivity index (χ0n) is 15.9. The molecule has 1 fully saturated rings. The summed E-state index contributed by atoms with van der Waals surface area (Å²) in [5, 5.41) is 3.88.